The maximum atomic E-state index is 12.1. The highest BCUT2D eigenvalue weighted by atomic mass is 32.2. The molecular formula is C14H17N5OS. The van der Waals surface area contributed by atoms with Crippen LogP contribution in [0.2, 0.25) is 0 Å². The van der Waals surface area contributed by atoms with Gasteiger partial charge in [0.1, 0.15) is 12.9 Å². The van der Waals surface area contributed by atoms with E-state index in [4.69, 9.17) is 0 Å². The van der Waals surface area contributed by atoms with Crippen molar-refractivity contribution in [1.82, 2.24) is 25.1 Å². The largest absolute Gasteiger partial charge is 0.341 e. The van der Waals surface area contributed by atoms with Gasteiger partial charge in [0.2, 0.25) is 5.91 Å². The highest BCUT2D eigenvalue weighted by Crippen LogP contribution is 2.25. The van der Waals surface area contributed by atoms with Crippen molar-refractivity contribution in [2.24, 2.45) is 5.92 Å². The number of carbonyl (C=O) groups is 1. The van der Waals surface area contributed by atoms with Crippen LogP contribution in [0, 0.1) is 5.92 Å². The fourth-order valence-electron chi connectivity index (χ4n) is 2.42. The molecule has 0 radical (unpaired) electrons. The molecule has 110 valence electrons. The van der Waals surface area contributed by atoms with Gasteiger partial charge < -0.3 is 4.90 Å². The van der Waals surface area contributed by atoms with Gasteiger partial charge in [0, 0.05) is 23.7 Å². The Kier molecular flexibility index (Phi) is 4.49. The molecular weight excluding hydrogens is 286 g/mol. The molecule has 7 heteroatoms. The van der Waals surface area contributed by atoms with E-state index >= 15 is 0 Å². The molecule has 6 nitrogen and oxygen atoms in total. The summed E-state index contributed by atoms with van der Waals surface area (Å²) in [6, 6.07) is 10.4. The second kappa shape index (κ2) is 6.71. The molecule has 1 aliphatic heterocycles. The monoisotopic (exact) mass is 303 g/mol. The number of carbonyl (C=O) groups excluding carboxylic acids is 1. The lowest BCUT2D eigenvalue weighted by atomic mass is 10.2. The van der Waals surface area contributed by atoms with E-state index in [1.54, 1.807) is 0 Å². The second-order valence-corrected chi connectivity index (χ2v) is 6.22. The zero-order valence-electron chi connectivity index (χ0n) is 11.6. The number of tetrazole rings is 1. The Labute approximate surface area is 127 Å². The molecule has 3 rings (SSSR count). The number of hydrogen-bond donors (Lipinski definition) is 0. The summed E-state index contributed by atoms with van der Waals surface area (Å²) in [5, 5.41) is 10.8. The summed E-state index contributed by atoms with van der Waals surface area (Å²) in [6.45, 7) is 1.90. The fraction of sp³-hybridized carbons (Fsp3) is 0.429. The smallest absolute Gasteiger partial charge is 0.244 e. The Hall–Kier alpha value is -1.89. The van der Waals surface area contributed by atoms with Crippen LogP contribution in [0.1, 0.15) is 6.42 Å². The second-order valence-electron chi connectivity index (χ2n) is 5.13. The van der Waals surface area contributed by atoms with Gasteiger partial charge in [0.25, 0.3) is 0 Å². The molecule has 1 fully saturated rings. The number of aromatic nitrogens is 4. The van der Waals surface area contributed by atoms with Gasteiger partial charge in [-0.3, -0.25) is 4.79 Å². The predicted molar refractivity (Wildman–Crippen MR) is 79.7 cm³/mol. The van der Waals surface area contributed by atoms with Crippen molar-refractivity contribution < 1.29 is 4.79 Å². The zero-order valence-corrected chi connectivity index (χ0v) is 12.4. The first kappa shape index (κ1) is 14.1. The van der Waals surface area contributed by atoms with Crippen LogP contribution in [0.5, 0.6) is 0 Å². The number of nitrogens with zero attached hydrogens (tertiary/aromatic N) is 5. The standard InChI is InChI=1S/C14H17N5OS/c20-14(9-19-11-15-16-17-19)18-7-6-12(8-18)10-21-13-4-2-1-3-5-13/h1-5,11-12H,6-10H2/t12-/m1/s1. The van der Waals surface area contributed by atoms with E-state index < -0.39 is 0 Å². The Morgan fingerprint density at radius 2 is 2.19 bits per heavy atom. The summed E-state index contributed by atoms with van der Waals surface area (Å²) in [4.78, 5) is 15.3. The van der Waals surface area contributed by atoms with Crippen LogP contribution in [0.15, 0.2) is 41.6 Å². The third-order valence-electron chi connectivity index (χ3n) is 3.56. The van der Waals surface area contributed by atoms with Crippen LogP contribution >= 0.6 is 11.8 Å². The van der Waals surface area contributed by atoms with Crippen LogP contribution in [-0.2, 0) is 11.3 Å². The van der Waals surface area contributed by atoms with E-state index in [2.05, 4.69) is 39.8 Å². The average Bonchev–Trinajstić information content (AvgIpc) is 3.17. The summed E-state index contributed by atoms with van der Waals surface area (Å²) in [6.07, 6.45) is 2.54. The third-order valence-corrected chi connectivity index (χ3v) is 4.80. The highest BCUT2D eigenvalue weighted by molar-refractivity contribution is 7.99. The molecule has 2 aromatic rings. The molecule has 1 aliphatic rings. The van der Waals surface area contributed by atoms with Gasteiger partial charge in [-0.25, -0.2) is 4.68 Å². The Balaban J connectivity index is 1.45. The van der Waals surface area contributed by atoms with Crippen molar-refractivity contribution in [2.75, 3.05) is 18.8 Å². The van der Waals surface area contributed by atoms with Gasteiger partial charge in [0.15, 0.2) is 0 Å². The van der Waals surface area contributed by atoms with Crippen LogP contribution in [0.4, 0.5) is 0 Å². The maximum absolute atomic E-state index is 12.1. The Morgan fingerprint density at radius 1 is 1.33 bits per heavy atom. The Bertz CT molecular complexity index is 574. The van der Waals surface area contributed by atoms with Crippen molar-refractivity contribution in [3.05, 3.63) is 36.7 Å². The van der Waals surface area contributed by atoms with Gasteiger partial charge in [-0.05, 0) is 34.9 Å². The molecule has 1 atom stereocenters. The van der Waals surface area contributed by atoms with Crippen molar-refractivity contribution >= 4 is 17.7 Å². The molecule has 1 aromatic carbocycles. The van der Waals surface area contributed by atoms with E-state index in [0.29, 0.717) is 5.92 Å². The summed E-state index contributed by atoms with van der Waals surface area (Å²) >= 11 is 1.86. The summed E-state index contributed by atoms with van der Waals surface area (Å²) in [5.74, 6) is 1.71. The van der Waals surface area contributed by atoms with Crippen molar-refractivity contribution in [1.29, 1.82) is 0 Å². The third kappa shape index (κ3) is 3.81. The molecule has 0 bridgehead atoms. The minimum Gasteiger partial charge on any atom is -0.341 e. The van der Waals surface area contributed by atoms with Gasteiger partial charge in [-0.1, -0.05) is 18.2 Å². The molecule has 1 amide bonds. The normalized spacial score (nSPS) is 18.1. The molecule has 1 aromatic heterocycles. The van der Waals surface area contributed by atoms with Crippen molar-refractivity contribution in [3.63, 3.8) is 0 Å². The van der Waals surface area contributed by atoms with Crippen LogP contribution < -0.4 is 0 Å². The summed E-state index contributed by atoms with van der Waals surface area (Å²) < 4.78 is 1.47. The lowest BCUT2D eigenvalue weighted by Crippen LogP contribution is -2.32. The summed E-state index contributed by atoms with van der Waals surface area (Å²) in [7, 11) is 0. The molecule has 0 aliphatic carbocycles. The number of thioether (sulfide) groups is 1. The van der Waals surface area contributed by atoms with Crippen LogP contribution in [0.25, 0.3) is 0 Å². The summed E-state index contributed by atoms with van der Waals surface area (Å²) in [5.41, 5.74) is 0. The molecule has 2 heterocycles. The van der Waals surface area contributed by atoms with Crippen LogP contribution in [0.3, 0.4) is 0 Å². The highest BCUT2D eigenvalue weighted by Gasteiger charge is 2.26. The first-order valence-electron chi connectivity index (χ1n) is 6.97. The molecule has 1 saturated heterocycles. The van der Waals surface area contributed by atoms with Crippen LogP contribution in [-0.4, -0.2) is 49.9 Å². The number of amides is 1. The molecule has 0 N–H and O–H groups in total. The van der Waals surface area contributed by atoms with Crippen molar-refractivity contribution in [3.8, 4) is 0 Å². The quantitative estimate of drug-likeness (QED) is 0.779. The lowest BCUT2D eigenvalue weighted by Gasteiger charge is -2.16. The number of benzene rings is 1. The van der Waals surface area contributed by atoms with Gasteiger partial charge in [0.05, 0.1) is 0 Å². The maximum Gasteiger partial charge on any atom is 0.244 e. The minimum atomic E-state index is 0.0921. The SMILES string of the molecule is O=C(Cn1cnnn1)N1CC[C@@H](CSc2ccccc2)C1. The van der Waals surface area contributed by atoms with Gasteiger partial charge >= 0.3 is 0 Å². The van der Waals surface area contributed by atoms with E-state index in [1.807, 2.05) is 22.7 Å². The van der Waals surface area contributed by atoms with Gasteiger partial charge in [-0.15, -0.1) is 16.9 Å². The first-order valence-corrected chi connectivity index (χ1v) is 7.96. The predicted octanol–water partition coefficient (Wildman–Crippen LogP) is 1.31. The van der Waals surface area contributed by atoms with E-state index in [9.17, 15) is 4.79 Å². The molecule has 0 spiro atoms. The number of likely N-dealkylation sites (tertiary alicyclic amines) is 1. The fourth-order valence-corrected chi connectivity index (χ4v) is 3.47. The number of rotatable bonds is 5. The van der Waals surface area contributed by atoms with Crippen molar-refractivity contribution in [2.45, 2.75) is 17.9 Å². The average molecular weight is 303 g/mol. The first-order chi connectivity index (χ1) is 10.3. The van der Waals surface area contributed by atoms with E-state index in [1.165, 1.54) is 15.9 Å². The van der Waals surface area contributed by atoms with Gasteiger partial charge in [-0.2, -0.15) is 0 Å². The zero-order chi connectivity index (χ0) is 14.5. The molecule has 0 saturated carbocycles. The topological polar surface area (TPSA) is 63.9 Å². The number of hydrogen-bond acceptors (Lipinski definition) is 5. The minimum absolute atomic E-state index is 0.0921. The van der Waals surface area contributed by atoms with E-state index in [-0.39, 0.29) is 12.5 Å². The molecule has 21 heavy (non-hydrogen) atoms. The lowest BCUT2D eigenvalue weighted by molar-refractivity contribution is -0.131. The molecule has 0 unspecified atom stereocenters. The van der Waals surface area contributed by atoms with E-state index in [0.717, 1.165) is 25.3 Å². The Morgan fingerprint density at radius 3 is 2.95 bits per heavy atom.